The molecule has 37 heavy (non-hydrogen) atoms. The number of aryl methyl sites for hydroxylation is 1. The number of urea groups is 1. The fourth-order valence-corrected chi connectivity index (χ4v) is 5.44. The molecule has 10 heteroatoms. The Bertz CT molecular complexity index is 1290. The summed E-state index contributed by atoms with van der Waals surface area (Å²) in [6.07, 6.45) is 5.25. The SMILES string of the molecule is CCNC(=O)Nc1ccc(-c2nc3c(c(N4C[C@H]5CC[C@@H](C4)O5)n2)CCN(c2cc(C)ncn2)C3)cc1. The molecule has 0 unspecified atom stereocenters. The monoisotopic (exact) mass is 500 g/mol. The zero-order chi connectivity index (χ0) is 25.4. The maximum atomic E-state index is 11.9. The number of fused-ring (bicyclic) bond motifs is 3. The number of hydrogen-bond acceptors (Lipinski definition) is 8. The second kappa shape index (κ2) is 9.93. The molecule has 6 rings (SSSR count). The molecule has 2 bridgehead atoms. The number of hydrogen-bond donors (Lipinski definition) is 2. The summed E-state index contributed by atoms with van der Waals surface area (Å²) in [6, 6.07) is 9.50. The normalized spacial score (nSPS) is 20.5. The van der Waals surface area contributed by atoms with Crippen LogP contribution in [-0.4, -0.2) is 64.4 Å². The Morgan fingerprint density at radius 2 is 1.86 bits per heavy atom. The first-order valence-electron chi connectivity index (χ1n) is 13.0. The average Bonchev–Trinajstić information content (AvgIpc) is 3.25. The van der Waals surface area contributed by atoms with Crippen molar-refractivity contribution < 1.29 is 9.53 Å². The number of morpholine rings is 1. The van der Waals surface area contributed by atoms with E-state index in [9.17, 15) is 4.79 Å². The van der Waals surface area contributed by atoms with Crippen LogP contribution in [0.1, 0.15) is 36.7 Å². The fraction of sp³-hybridized carbons (Fsp3) is 0.444. The van der Waals surface area contributed by atoms with Crippen molar-refractivity contribution in [2.75, 3.05) is 41.3 Å². The molecule has 2 fully saturated rings. The van der Waals surface area contributed by atoms with Crippen LogP contribution in [0.15, 0.2) is 36.7 Å². The number of aromatic nitrogens is 4. The molecule has 5 heterocycles. The third kappa shape index (κ3) is 4.93. The summed E-state index contributed by atoms with van der Waals surface area (Å²) in [4.78, 5) is 35.5. The van der Waals surface area contributed by atoms with E-state index >= 15 is 0 Å². The first-order valence-corrected chi connectivity index (χ1v) is 13.0. The van der Waals surface area contributed by atoms with Gasteiger partial charge >= 0.3 is 6.03 Å². The lowest BCUT2D eigenvalue weighted by Gasteiger charge is -2.37. The Morgan fingerprint density at radius 3 is 2.59 bits per heavy atom. The third-order valence-corrected chi connectivity index (χ3v) is 7.24. The summed E-state index contributed by atoms with van der Waals surface area (Å²) in [7, 11) is 0. The second-order valence-corrected chi connectivity index (χ2v) is 9.91. The highest BCUT2D eigenvalue weighted by Gasteiger charge is 2.36. The largest absolute Gasteiger partial charge is 0.371 e. The number of nitrogens with zero attached hydrogens (tertiary/aromatic N) is 6. The summed E-state index contributed by atoms with van der Waals surface area (Å²) < 4.78 is 6.11. The van der Waals surface area contributed by atoms with Crippen LogP contribution in [-0.2, 0) is 17.7 Å². The Balaban J connectivity index is 1.34. The van der Waals surface area contributed by atoms with Gasteiger partial charge in [-0.1, -0.05) is 0 Å². The molecule has 10 nitrogen and oxygen atoms in total. The molecular weight excluding hydrogens is 468 g/mol. The topological polar surface area (TPSA) is 108 Å². The van der Waals surface area contributed by atoms with Gasteiger partial charge in [-0.05, 0) is 57.4 Å². The number of carbonyl (C=O) groups is 1. The molecule has 2 aromatic heterocycles. The number of nitrogens with one attached hydrogen (secondary N) is 2. The maximum absolute atomic E-state index is 11.9. The lowest BCUT2D eigenvalue weighted by atomic mass is 10.0. The number of amides is 2. The van der Waals surface area contributed by atoms with Crippen molar-refractivity contribution in [1.29, 1.82) is 0 Å². The Kier molecular flexibility index (Phi) is 6.33. The van der Waals surface area contributed by atoms with Crippen LogP contribution in [0.5, 0.6) is 0 Å². The summed E-state index contributed by atoms with van der Waals surface area (Å²) >= 11 is 0. The van der Waals surface area contributed by atoms with Gasteiger partial charge in [0.2, 0.25) is 0 Å². The molecule has 0 aliphatic carbocycles. The maximum Gasteiger partial charge on any atom is 0.319 e. The molecular formula is C27H32N8O2. The van der Waals surface area contributed by atoms with Crippen molar-refractivity contribution in [3.8, 4) is 11.4 Å². The molecule has 3 aromatic rings. The van der Waals surface area contributed by atoms with E-state index in [1.807, 2.05) is 44.2 Å². The van der Waals surface area contributed by atoms with Crippen LogP contribution in [0.3, 0.4) is 0 Å². The standard InChI is InChI=1S/C27H32N8O2/c1-3-28-27(36)31-19-6-4-18(5-7-19)25-32-23-15-34(24-12-17(2)29-16-30-24)11-10-22(23)26(33-25)35-13-20-8-9-21(14-35)37-20/h4-7,12,16,20-21H,3,8-11,13-15H2,1-2H3,(H2,28,31,36)/t20-,21+. The molecule has 2 saturated heterocycles. The minimum absolute atomic E-state index is 0.218. The summed E-state index contributed by atoms with van der Waals surface area (Å²) in [6.45, 7) is 7.70. The zero-order valence-electron chi connectivity index (χ0n) is 21.3. The second-order valence-electron chi connectivity index (χ2n) is 9.91. The fourth-order valence-electron chi connectivity index (χ4n) is 5.44. The van der Waals surface area contributed by atoms with Crippen molar-refractivity contribution in [3.05, 3.63) is 53.6 Å². The highest BCUT2D eigenvalue weighted by Crippen LogP contribution is 2.35. The Labute approximate surface area is 216 Å². The number of ether oxygens (including phenoxy) is 1. The van der Waals surface area contributed by atoms with Crippen molar-refractivity contribution in [2.45, 2.75) is 51.9 Å². The molecule has 2 atom stereocenters. The number of carbonyl (C=O) groups excluding carboxylic acids is 1. The van der Waals surface area contributed by atoms with Crippen LogP contribution in [0, 0.1) is 6.92 Å². The Hall–Kier alpha value is -3.79. The number of benzene rings is 1. The predicted molar refractivity (Wildman–Crippen MR) is 142 cm³/mol. The lowest BCUT2D eigenvalue weighted by Crippen LogP contribution is -2.44. The number of anilines is 3. The van der Waals surface area contributed by atoms with E-state index in [-0.39, 0.29) is 18.2 Å². The quantitative estimate of drug-likeness (QED) is 0.549. The molecule has 0 radical (unpaired) electrons. The molecule has 0 spiro atoms. The predicted octanol–water partition coefficient (Wildman–Crippen LogP) is 3.31. The highest BCUT2D eigenvalue weighted by molar-refractivity contribution is 5.89. The van der Waals surface area contributed by atoms with Gasteiger partial charge in [0, 0.05) is 54.8 Å². The summed E-state index contributed by atoms with van der Waals surface area (Å²) in [5.41, 5.74) is 4.84. The first kappa shape index (κ1) is 23.6. The van der Waals surface area contributed by atoms with E-state index < -0.39 is 0 Å². The van der Waals surface area contributed by atoms with Gasteiger partial charge in [0.15, 0.2) is 5.82 Å². The summed E-state index contributed by atoms with van der Waals surface area (Å²) in [5.74, 6) is 2.64. The van der Waals surface area contributed by atoms with Crippen molar-refractivity contribution >= 4 is 23.4 Å². The zero-order valence-corrected chi connectivity index (χ0v) is 21.3. The van der Waals surface area contributed by atoms with Crippen LogP contribution in [0.2, 0.25) is 0 Å². The van der Waals surface area contributed by atoms with Crippen LogP contribution in [0.4, 0.5) is 22.1 Å². The molecule has 2 N–H and O–H groups in total. The lowest BCUT2D eigenvalue weighted by molar-refractivity contribution is 0.0301. The molecule has 192 valence electrons. The highest BCUT2D eigenvalue weighted by atomic mass is 16.5. The van der Waals surface area contributed by atoms with Gasteiger partial charge in [-0.2, -0.15) is 0 Å². The van der Waals surface area contributed by atoms with E-state index in [0.717, 1.165) is 73.2 Å². The summed E-state index contributed by atoms with van der Waals surface area (Å²) in [5, 5.41) is 5.60. The van der Waals surface area contributed by atoms with Crippen molar-refractivity contribution in [2.24, 2.45) is 0 Å². The van der Waals surface area contributed by atoms with E-state index in [0.29, 0.717) is 18.9 Å². The average molecular weight is 501 g/mol. The van der Waals surface area contributed by atoms with E-state index in [1.54, 1.807) is 6.33 Å². The van der Waals surface area contributed by atoms with Crippen LogP contribution in [0.25, 0.3) is 11.4 Å². The van der Waals surface area contributed by atoms with Gasteiger partial charge in [-0.25, -0.2) is 24.7 Å². The molecule has 1 aromatic carbocycles. The molecule has 3 aliphatic rings. The van der Waals surface area contributed by atoms with E-state index in [2.05, 4.69) is 30.4 Å². The smallest absolute Gasteiger partial charge is 0.319 e. The molecule has 0 saturated carbocycles. The number of rotatable bonds is 5. The van der Waals surface area contributed by atoms with Gasteiger partial charge in [0.05, 0.1) is 24.4 Å². The minimum atomic E-state index is -0.218. The molecule has 2 amide bonds. The third-order valence-electron chi connectivity index (χ3n) is 7.24. The van der Waals surface area contributed by atoms with Gasteiger partial charge < -0.3 is 25.2 Å². The first-order chi connectivity index (χ1) is 18.1. The van der Waals surface area contributed by atoms with Gasteiger partial charge in [0.1, 0.15) is 18.0 Å². The molecule has 3 aliphatic heterocycles. The van der Waals surface area contributed by atoms with E-state index in [4.69, 9.17) is 14.7 Å². The van der Waals surface area contributed by atoms with Crippen molar-refractivity contribution in [3.63, 3.8) is 0 Å². The Morgan fingerprint density at radius 1 is 1.08 bits per heavy atom. The van der Waals surface area contributed by atoms with Crippen molar-refractivity contribution in [1.82, 2.24) is 25.3 Å². The van der Waals surface area contributed by atoms with Gasteiger partial charge in [0.25, 0.3) is 0 Å². The van der Waals surface area contributed by atoms with Gasteiger partial charge in [-0.15, -0.1) is 0 Å². The minimum Gasteiger partial charge on any atom is -0.371 e. The van der Waals surface area contributed by atoms with Crippen LogP contribution >= 0.6 is 0 Å². The van der Waals surface area contributed by atoms with E-state index in [1.165, 1.54) is 5.56 Å². The van der Waals surface area contributed by atoms with Gasteiger partial charge in [-0.3, -0.25) is 0 Å². The van der Waals surface area contributed by atoms with Crippen LogP contribution < -0.4 is 20.4 Å².